The first-order valence-electron chi connectivity index (χ1n) is 7.62. The van der Waals surface area contributed by atoms with Crippen LogP contribution in [0.1, 0.15) is 36.9 Å². The van der Waals surface area contributed by atoms with E-state index in [2.05, 4.69) is 42.6 Å². The number of aromatic nitrogens is 2. The monoisotopic (exact) mass is 269 g/mol. The van der Waals surface area contributed by atoms with E-state index >= 15 is 0 Å². The van der Waals surface area contributed by atoms with E-state index in [1.165, 1.54) is 35.4 Å². The topological polar surface area (TPSA) is 29.9 Å². The van der Waals surface area contributed by atoms with E-state index in [4.69, 9.17) is 5.10 Å². The quantitative estimate of drug-likeness (QED) is 0.928. The van der Waals surface area contributed by atoms with E-state index in [9.17, 15) is 0 Å². The predicted molar refractivity (Wildman–Crippen MR) is 82.9 cm³/mol. The highest BCUT2D eigenvalue weighted by molar-refractivity contribution is 5.60. The molecule has 0 bridgehead atoms. The molecule has 0 unspecified atom stereocenters. The molecule has 1 N–H and O–H groups in total. The fraction of sp³-hybridized carbons (Fsp3) is 0.471. The van der Waals surface area contributed by atoms with Crippen LogP contribution in [0, 0.1) is 0 Å². The van der Waals surface area contributed by atoms with Crippen molar-refractivity contribution in [2.45, 2.75) is 32.1 Å². The molecular formula is C17H23N3. The number of nitrogens with zero attached hydrogens (tertiary/aromatic N) is 2. The van der Waals surface area contributed by atoms with Crippen molar-refractivity contribution in [1.29, 1.82) is 0 Å². The van der Waals surface area contributed by atoms with E-state index in [-0.39, 0.29) is 0 Å². The van der Waals surface area contributed by atoms with Crippen LogP contribution in [0.5, 0.6) is 0 Å². The van der Waals surface area contributed by atoms with Gasteiger partial charge in [0, 0.05) is 13.0 Å². The molecule has 1 aliphatic heterocycles. The van der Waals surface area contributed by atoms with Gasteiger partial charge in [-0.3, -0.25) is 4.68 Å². The van der Waals surface area contributed by atoms with Gasteiger partial charge in [0.1, 0.15) is 0 Å². The van der Waals surface area contributed by atoms with Gasteiger partial charge in [-0.15, -0.1) is 0 Å². The molecule has 106 valence electrons. The molecule has 2 heterocycles. The Balaban J connectivity index is 1.87. The second-order valence-electron chi connectivity index (χ2n) is 5.65. The number of hydrogen-bond donors (Lipinski definition) is 1. The Hall–Kier alpha value is -1.61. The van der Waals surface area contributed by atoms with Crippen LogP contribution < -0.4 is 5.32 Å². The van der Waals surface area contributed by atoms with Crippen molar-refractivity contribution in [2.24, 2.45) is 7.05 Å². The molecule has 1 saturated heterocycles. The fourth-order valence-corrected chi connectivity index (χ4v) is 2.99. The minimum Gasteiger partial charge on any atom is -0.317 e. The lowest BCUT2D eigenvalue weighted by Crippen LogP contribution is -2.26. The second kappa shape index (κ2) is 5.80. The highest BCUT2D eigenvalue weighted by Crippen LogP contribution is 2.28. The summed E-state index contributed by atoms with van der Waals surface area (Å²) in [7, 11) is 2.05. The molecule has 0 spiro atoms. The number of benzene rings is 1. The van der Waals surface area contributed by atoms with Crippen LogP contribution in [0.2, 0.25) is 0 Å². The Labute approximate surface area is 121 Å². The van der Waals surface area contributed by atoms with Crippen LogP contribution >= 0.6 is 0 Å². The smallest absolute Gasteiger partial charge is 0.0681 e. The number of aryl methyl sites for hydroxylation is 2. The first-order valence-corrected chi connectivity index (χ1v) is 7.62. The Bertz CT molecular complexity index is 562. The summed E-state index contributed by atoms with van der Waals surface area (Å²) in [6.45, 7) is 4.41. The summed E-state index contributed by atoms with van der Waals surface area (Å²) in [5.74, 6) is 0.617. The molecule has 2 aromatic rings. The van der Waals surface area contributed by atoms with Gasteiger partial charge < -0.3 is 5.32 Å². The van der Waals surface area contributed by atoms with Crippen LogP contribution in [-0.4, -0.2) is 22.9 Å². The van der Waals surface area contributed by atoms with Gasteiger partial charge >= 0.3 is 0 Å². The number of hydrogen-bond acceptors (Lipinski definition) is 2. The van der Waals surface area contributed by atoms with Gasteiger partial charge in [0.25, 0.3) is 0 Å². The number of rotatable bonds is 3. The molecule has 0 radical (unpaired) electrons. The lowest BCUT2D eigenvalue weighted by Gasteiger charge is -2.20. The maximum absolute atomic E-state index is 4.74. The molecule has 1 aliphatic rings. The van der Waals surface area contributed by atoms with E-state index in [0.717, 1.165) is 19.5 Å². The van der Waals surface area contributed by atoms with Gasteiger partial charge in [-0.2, -0.15) is 5.10 Å². The molecule has 0 atom stereocenters. The van der Waals surface area contributed by atoms with E-state index in [0.29, 0.717) is 5.92 Å². The van der Waals surface area contributed by atoms with Crippen molar-refractivity contribution in [3.05, 3.63) is 41.6 Å². The van der Waals surface area contributed by atoms with Gasteiger partial charge in [-0.25, -0.2) is 0 Å². The van der Waals surface area contributed by atoms with Crippen LogP contribution in [0.3, 0.4) is 0 Å². The van der Waals surface area contributed by atoms with E-state index < -0.39 is 0 Å². The van der Waals surface area contributed by atoms with Crippen LogP contribution in [0.15, 0.2) is 30.3 Å². The van der Waals surface area contributed by atoms with E-state index in [1.54, 1.807) is 0 Å². The summed E-state index contributed by atoms with van der Waals surface area (Å²) >= 11 is 0. The van der Waals surface area contributed by atoms with Crippen molar-refractivity contribution in [3.63, 3.8) is 0 Å². The second-order valence-corrected chi connectivity index (χ2v) is 5.65. The van der Waals surface area contributed by atoms with Crippen molar-refractivity contribution >= 4 is 0 Å². The molecule has 20 heavy (non-hydrogen) atoms. The van der Waals surface area contributed by atoms with Gasteiger partial charge in [0.05, 0.1) is 11.4 Å². The Kier molecular flexibility index (Phi) is 3.88. The maximum atomic E-state index is 4.74. The minimum atomic E-state index is 0.617. The molecule has 1 aromatic carbocycles. The highest BCUT2D eigenvalue weighted by atomic mass is 15.3. The summed E-state index contributed by atoms with van der Waals surface area (Å²) in [5.41, 5.74) is 5.12. The molecule has 3 heteroatoms. The molecule has 3 rings (SSSR count). The zero-order chi connectivity index (χ0) is 13.9. The Morgan fingerprint density at radius 1 is 1.20 bits per heavy atom. The molecule has 0 amide bonds. The first-order chi connectivity index (χ1) is 9.78. The van der Waals surface area contributed by atoms with Gasteiger partial charge in [-0.05, 0) is 49.5 Å². The van der Waals surface area contributed by atoms with E-state index in [1.807, 2.05) is 11.7 Å². The van der Waals surface area contributed by atoms with Gasteiger partial charge in [0.15, 0.2) is 0 Å². The van der Waals surface area contributed by atoms with Crippen LogP contribution in [-0.2, 0) is 13.5 Å². The maximum Gasteiger partial charge on any atom is 0.0681 e. The molecule has 0 saturated carbocycles. The van der Waals surface area contributed by atoms with Crippen molar-refractivity contribution < 1.29 is 0 Å². The van der Waals surface area contributed by atoms with Gasteiger partial charge in [-0.1, -0.05) is 31.2 Å². The summed E-state index contributed by atoms with van der Waals surface area (Å²) in [6.07, 6.45) is 3.49. The van der Waals surface area contributed by atoms with Crippen molar-refractivity contribution in [1.82, 2.24) is 15.1 Å². The van der Waals surface area contributed by atoms with Crippen molar-refractivity contribution in [3.8, 4) is 11.3 Å². The third-order valence-corrected chi connectivity index (χ3v) is 4.31. The highest BCUT2D eigenvalue weighted by Gasteiger charge is 2.19. The van der Waals surface area contributed by atoms with Crippen molar-refractivity contribution in [2.75, 3.05) is 13.1 Å². The summed E-state index contributed by atoms with van der Waals surface area (Å²) < 4.78 is 2.03. The number of nitrogens with one attached hydrogen (secondary N) is 1. The lowest BCUT2D eigenvalue weighted by molar-refractivity contribution is 0.450. The molecular weight excluding hydrogens is 246 g/mol. The van der Waals surface area contributed by atoms with Crippen LogP contribution in [0.4, 0.5) is 0 Å². The van der Waals surface area contributed by atoms with Crippen LogP contribution in [0.25, 0.3) is 11.3 Å². The Morgan fingerprint density at radius 3 is 2.55 bits per heavy atom. The third-order valence-electron chi connectivity index (χ3n) is 4.31. The molecule has 1 fully saturated rings. The summed E-state index contributed by atoms with van der Waals surface area (Å²) in [5, 5.41) is 8.16. The molecule has 0 aliphatic carbocycles. The average Bonchev–Trinajstić information content (AvgIpc) is 2.90. The van der Waals surface area contributed by atoms with Gasteiger partial charge in [0.2, 0.25) is 0 Å². The lowest BCUT2D eigenvalue weighted by atomic mass is 9.94. The Morgan fingerprint density at radius 2 is 1.90 bits per heavy atom. The first kappa shape index (κ1) is 13.4. The normalized spacial score (nSPS) is 16.5. The zero-order valence-electron chi connectivity index (χ0n) is 12.4. The zero-order valence-corrected chi connectivity index (χ0v) is 12.4. The summed E-state index contributed by atoms with van der Waals surface area (Å²) in [4.78, 5) is 0. The predicted octanol–water partition coefficient (Wildman–Crippen LogP) is 3.12. The largest absolute Gasteiger partial charge is 0.317 e. The average molecular weight is 269 g/mol. The fourth-order valence-electron chi connectivity index (χ4n) is 2.99. The summed E-state index contributed by atoms with van der Waals surface area (Å²) in [6, 6.07) is 11.1. The molecule has 3 nitrogen and oxygen atoms in total. The SMILES string of the molecule is CCc1ccc(-c2cc(C3CCNCC3)nn2C)cc1. The minimum absolute atomic E-state index is 0.617. The molecule has 1 aromatic heterocycles. The number of piperidine rings is 1. The standard InChI is InChI=1S/C17H23N3/c1-3-13-4-6-15(7-5-13)17-12-16(19-20(17)2)14-8-10-18-11-9-14/h4-7,12,14,18H,3,8-11H2,1-2H3. The third kappa shape index (κ3) is 2.63.